The van der Waals surface area contributed by atoms with Gasteiger partial charge in [0.25, 0.3) is 0 Å². The number of hydrogen-bond acceptors (Lipinski definition) is 5. The van der Waals surface area contributed by atoms with Gasteiger partial charge in [0.1, 0.15) is 0 Å². The van der Waals surface area contributed by atoms with Crippen LogP contribution in [0.25, 0.3) is 0 Å². The van der Waals surface area contributed by atoms with Crippen LogP contribution in [0.3, 0.4) is 0 Å². The van der Waals surface area contributed by atoms with Crippen molar-refractivity contribution in [1.29, 1.82) is 0 Å². The summed E-state index contributed by atoms with van der Waals surface area (Å²) in [4.78, 5) is 13.4. The van der Waals surface area contributed by atoms with E-state index >= 15 is 0 Å². The second-order valence-corrected chi connectivity index (χ2v) is 6.21. The van der Waals surface area contributed by atoms with E-state index in [0.29, 0.717) is 18.1 Å². The standard InChI is InChI=1S/C18H26N6O/c1-15-21-17(25-22-15)8-9-20-18(19-2)24-12-10-23(11-13-24)14-16-6-4-3-5-7-16/h3-7H,8-14H2,1-2H3,(H,19,20). The Morgan fingerprint density at radius 3 is 2.60 bits per heavy atom. The van der Waals surface area contributed by atoms with Gasteiger partial charge in [-0.1, -0.05) is 35.5 Å². The van der Waals surface area contributed by atoms with Crippen molar-refractivity contribution in [2.75, 3.05) is 39.8 Å². The average molecular weight is 342 g/mol. The molecule has 7 nitrogen and oxygen atoms in total. The first-order valence-corrected chi connectivity index (χ1v) is 8.75. The molecule has 1 saturated heterocycles. The number of rotatable bonds is 5. The monoisotopic (exact) mass is 342 g/mol. The lowest BCUT2D eigenvalue weighted by Crippen LogP contribution is -2.52. The molecule has 0 atom stereocenters. The van der Waals surface area contributed by atoms with Crippen molar-refractivity contribution in [2.45, 2.75) is 19.9 Å². The first kappa shape index (κ1) is 17.4. The molecule has 0 spiro atoms. The first-order valence-electron chi connectivity index (χ1n) is 8.75. The van der Waals surface area contributed by atoms with Crippen molar-refractivity contribution < 1.29 is 4.52 Å². The van der Waals surface area contributed by atoms with Gasteiger partial charge in [-0.3, -0.25) is 9.89 Å². The Bertz CT molecular complexity index is 676. The fourth-order valence-corrected chi connectivity index (χ4v) is 3.01. The molecule has 134 valence electrons. The number of nitrogens with zero attached hydrogens (tertiary/aromatic N) is 5. The summed E-state index contributed by atoms with van der Waals surface area (Å²) in [5.41, 5.74) is 1.37. The minimum absolute atomic E-state index is 0.660. The van der Waals surface area contributed by atoms with E-state index in [0.717, 1.165) is 45.2 Å². The summed E-state index contributed by atoms with van der Waals surface area (Å²) in [7, 11) is 1.83. The Kier molecular flexibility index (Phi) is 6.00. The van der Waals surface area contributed by atoms with Crippen molar-refractivity contribution in [2.24, 2.45) is 4.99 Å². The number of aryl methyl sites for hydroxylation is 1. The van der Waals surface area contributed by atoms with Gasteiger partial charge >= 0.3 is 0 Å². The summed E-state index contributed by atoms with van der Waals surface area (Å²) < 4.78 is 5.13. The molecule has 1 aliphatic heterocycles. The van der Waals surface area contributed by atoms with E-state index in [1.165, 1.54) is 5.56 Å². The Hall–Kier alpha value is -2.41. The molecule has 0 amide bonds. The molecule has 2 heterocycles. The fourth-order valence-electron chi connectivity index (χ4n) is 3.01. The number of guanidine groups is 1. The summed E-state index contributed by atoms with van der Waals surface area (Å²) in [6.07, 6.45) is 0.702. The lowest BCUT2D eigenvalue weighted by Gasteiger charge is -2.36. The molecular formula is C18H26N6O. The third kappa shape index (κ3) is 5.03. The van der Waals surface area contributed by atoms with Crippen LogP contribution in [0, 0.1) is 6.92 Å². The largest absolute Gasteiger partial charge is 0.356 e. The Morgan fingerprint density at radius 1 is 1.20 bits per heavy atom. The molecule has 0 bridgehead atoms. The molecule has 1 aromatic heterocycles. The van der Waals surface area contributed by atoms with Crippen molar-refractivity contribution in [3.8, 4) is 0 Å². The highest BCUT2D eigenvalue weighted by Gasteiger charge is 2.19. The molecule has 25 heavy (non-hydrogen) atoms. The first-order chi connectivity index (χ1) is 12.2. The fraction of sp³-hybridized carbons (Fsp3) is 0.500. The number of piperazine rings is 1. The van der Waals surface area contributed by atoms with Crippen LogP contribution in [0.5, 0.6) is 0 Å². The molecular weight excluding hydrogens is 316 g/mol. The Morgan fingerprint density at radius 2 is 1.96 bits per heavy atom. The molecule has 1 N–H and O–H groups in total. The van der Waals surface area contributed by atoms with Crippen molar-refractivity contribution >= 4 is 5.96 Å². The number of benzene rings is 1. The van der Waals surface area contributed by atoms with Crippen molar-refractivity contribution in [1.82, 2.24) is 25.3 Å². The summed E-state index contributed by atoms with van der Waals surface area (Å²) in [6.45, 7) is 7.61. The van der Waals surface area contributed by atoms with Crippen LogP contribution >= 0.6 is 0 Å². The van der Waals surface area contributed by atoms with Gasteiger partial charge in [0.05, 0.1) is 0 Å². The Labute approximate surface area is 148 Å². The van der Waals surface area contributed by atoms with E-state index in [4.69, 9.17) is 4.52 Å². The van der Waals surface area contributed by atoms with Crippen LogP contribution in [0.2, 0.25) is 0 Å². The molecule has 1 aliphatic rings. The molecule has 0 radical (unpaired) electrons. The van der Waals surface area contributed by atoms with Gasteiger partial charge in [-0.2, -0.15) is 4.98 Å². The second kappa shape index (κ2) is 8.62. The van der Waals surface area contributed by atoms with Crippen LogP contribution in [-0.4, -0.2) is 65.7 Å². The van der Waals surface area contributed by atoms with Gasteiger partial charge in [0.2, 0.25) is 5.89 Å². The van der Waals surface area contributed by atoms with Crippen molar-refractivity contribution in [3.05, 3.63) is 47.6 Å². The van der Waals surface area contributed by atoms with Crippen LogP contribution in [0.4, 0.5) is 0 Å². The predicted molar refractivity (Wildman–Crippen MR) is 97.4 cm³/mol. The van der Waals surface area contributed by atoms with E-state index in [-0.39, 0.29) is 0 Å². The zero-order valence-electron chi connectivity index (χ0n) is 15.0. The van der Waals surface area contributed by atoms with Crippen LogP contribution in [-0.2, 0) is 13.0 Å². The Balaban J connectivity index is 1.42. The molecule has 0 saturated carbocycles. The summed E-state index contributed by atoms with van der Waals surface area (Å²) in [5.74, 6) is 2.28. The summed E-state index contributed by atoms with van der Waals surface area (Å²) in [6, 6.07) is 10.6. The average Bonchev–Trinajstić information content (AvgIpc) is 3.06. The van der Waals surface area contributed by atoms with Gasteiger partial charge in [0, 0.05) is 52.7 Å². The molecule has 1 fully saturated rings. The highest BCUT2D eigenvalue weighted by Crippen LogP contribution is 2.08. The molecule has 3 rings (SSSR count). The van der Waals surface area contributed by atoms with E-state index in [9.17, 15) is 0 Å². The van der Waals surface area contributed by atoms with Gasteiger partial charge in [-0.05, 0) is 12.5 Å². The number of aliphatic imine (C=N–C) groups is 1. The van der Waals surface area contributed by atoms with Crippen molar-refractivity contribution in [3.63, 3.8) is 0 Å². The maximum Gasteiger partial charge on any atom is 0.228 e. The predicted octanol–water partition coefficient (Wildman–Crippen LogP) is 1.31. The number of nitrogens with one attached hydrogen (secondary N) is 1. The van der Waals surface area contributed by atoms with Crippen LogP contribution in [0.15, 0.2) is 39.8 Å². The molecule has 2 aromatic rings. The number of hydrogen-bond donors (Lipinski definition) is 1. The van der Waals surface area contributed by atoms with E-state index < -0.39 is 0 Å². The third-order valence-corrected chi connectivity index (χ3v) is 4.32. The van der Waals surface area contributed by atoms with E-state index in [1.54, 1.807) is 0 Å². The van der Waals surface area contributed by atoms with Crippen LogP contribution in [0.1, 0.15) is 17.3 Å². The molecule has 0 unspecified atom stereocenters. The highest BCUT2D eigenvalue weighted by molar-refractivity contribution is 5.80. The van der Waals surface area contributed by atoms with E-state index in [2.05, 4.69) is 60.6 Å². The van der Waals surface area contributed by atoms with Gasteiger partial charge < -0.3 is 14.7 Å². The van der Waals surface area contributed by atoms with Gasteiger partial charge in [-0.25, -0.2) is 0 Å². The summed E-state index contributed by atoms with van der Waals surface area (Å²) >= 11 is 0. The topological polar surface area (TPSA) is 69.8 Å². The van der Waals surface area contributed by atoms with Crippen LogP contribution < -0.4 is 5.32 Å². The summed E-state index contributed by atoms with van der Waals surface area (Å²) in [5, 5.41) is 7.20. The highest BCUT2D eigenvalue weighted by atomic mass is 16.5. The SMILES string of the molecule is CN=C(NCCc1nc(C)no1)N1CCN(Cc2ccccc2)CC1. The zero-order chi connectivity index (χ0) is 17.5. The molecule has 0 aliphatic carbocycles. The maximum atomic E-state index is 5.13. The normalized spacial score (nSPS) is 16.2. The van der Waals surface area contributed by atoms with E-state index in [1.807, 2.05) is 14.0 Å². The lowest BCUT2D eigenvalue weighted by molar-refractivity contribution is 0.172. The third-order valence-electron chi connectivity index (χ3n) is 4.32. The van der Waals surface area contributed by atoms with Gasteiger partial charge in [0.15, 0.2) is 11.8 Å². The lowest BCUT2D eigenvalue weighted by atomic mass is 10.2. The molecule has 1 aromatic carbocycles. The second-order valence-electron chi connectivity index (χ2n) is 6.21. The zero-order valence-corrected chi connectivity index (χ0v) is 15.0. The minimum Gasteiger partial charge on any atom is -0.356 e. The molecule has 7 heteroatoms. The smallest absolute Gasteiger partial charge is 0.228 e. The quantitative estimate of drug-likeness (QED) is 0.653. The number of aromatic nitrogens is 2. The maximum absolute atomic E-state index is 5.13. The minimum atomic E-state index is 0.660. The van der Waals surface area contributed by atoms with Gasteiger partial charge in [-0.15, -0.1) is 0 Å².